The number of para-hydroxylation sites is 1. The molecule has 0 spiro atoms. The van der Waals surface area contributed by atoms with Crippen LogP contribution in [0.15, 0.2) is 70.5 Å². The molecule has 6 nitrogen and oxygen atoms in total. The van der Waals surface area contributed by atoms with Crippen LogP contribution in [-0.4, -0.2) is 18.2 Å². The number of nitrogens with one attached hydrogen (secondary N) is 2. The van der Waals surface area contributed by atoms with E-state index < -0.39 is 18.0 Å². The van der Waals surface area contributed by atoms with Crippen molar-refractivity contribution in [2.24, 2.45) is 0 Å². The van der Waals surface area contributed by atoms with Gasteiger partial charge in [0.15, 0.2) is 0 Å². The Labute approximate surface area is 183 Å². The molecule has 0 aliphatic rings. The number of rotatable bonds is 6. The van der Waals surface area contributed by atoms with E-state index in [1.54, 1.807) is 24.3 Å². The minimum atomic E-state index is -4.81. The monoisotopic (exact) mass is 460 g/mol. The summed E-state index contributed by atoms with van der Waals surface area (Å²) in [5.41, 5.74) is 0.843. The SMILES string of the molecule is O=C(Cc1cccs1)Nc1c(C(=O)Nc2ccc(OC(F)(F)F)cc2)oc2ccccc12. The Morgan fingerprint density at radius 2 is 1.72 bits per heavy atom. The molecule has 0 radical (unpaired) electrons. The van der Waals surface area contributed by atoms with Crippen LogP contribution in [0.4, 0.5) is 24.5 Å². The number of alkyl halides is 3. The third-order valence-corrected chi connectivity index (χ3v) is 5.20. The van der Waals surface area contributed by atoms with Crippen LogP contribution in [0.1, 0.15) is 15.4 Å². The number of carbonyl (C=O) groups excluding carboxylic acids is 2. The molecule has 2 amide bonds. The van der Waals surface area contributed by atoms with Gasteiger partial charge in [0.2, 0.25) is 11.7 Å². The Hall–Kier alpha value is -3.79. The van der Waals surface area contributed by atoms with Gasteiger partial charge in [0.05, 0.1) is 6.42 Å². The van der Waals surface area contributed by atoms with Crippen molar-refractivity contribution in [3.05, 3.63) is 76.7 Å². The summed E-state index contributed by atoms with van der Waals surface area (Å²) in [5, 5.41) is 7.70. The molecule has 0 aliphatic carbocycles. The lowest BCUT2D eigenvalue weighted by Crippen LogP contribution is -2.18. The molecular weight excluding hydrogens is 445 g/mol. The summed E-state index contributed by atoms with van der Waals surface area (Å²) >= 11 is 1.44. The Kier molecular flexibility index (Phi) is 5.87. The van der Waals surface area contributed by atoms with Crippen molar-refractivity contribution in [2.75, 3.05) is 10.6 Å². The number of furan rings is 1. The molecule has 2 heterocycles. The summed E-state index contributed by atoms with van der Waals surface area (Å²) in [4.78, 5) is 26.2. The van der Waals surface area contributed by atoms with E-state index in [0.717, 1.165) is 17.0 Å². The van der Waals surface area contributed by atoms with Crippen LogP contribution >= 0.6 is 11.3 Å². The molecule has 0 atom stereocenters. The number of halogens is 3. The van der Waals surface area contributed by atoms with Gasteiger partial charge in [0, 0.05) is 16.0 Å². The lowest BCUT2D eigenvalue weighted by Gasteiger charge is -2.10. The van der Waals surface area contributed by atoms with Crippen molar-refractivity contribution < 1.29 is 31.9 Å². The maximum absolute atomic E-state index is 12.9. The molecule has 0 fully saturated rings. The van der Waals surface area contributed by atoms with Crippen LogP contribution in [0, 0.1) is 0 Å². The van der Waals surface area contributed by atoms with E-state index >= 15 is 0 Å². The zero-order valence-corrected chi connectivity index (χ0v) is 17.0. The highest BCUT2D eigenvalue weighted by Gasteiger charge is 2.31. The number of benzene rings is 2. The van der Waals surface area contributed by atoms with Gasteiger partial charge in [-0.2, -0.15) is 0 Å². The van der Waals surface area contributed by atoms with E-state index in [9.17, 15) is 22.8 Å². The second-order valence-electron chi connectivity index (χ2n) is 6.63. The van der Waals surface area contributed by atoms with Crippen molar-refractivity contribution in [1.29, 1.82) is 0 Å². The molecule has 10 heteroatoms. The molecule has 2 N–H and O–H groups in total. The summed E-state index contributed by atoms with van der Waals surface area (Å²) in [6.45, 7) is 0. The summed E-state index contributed by atoms with van der Waals surface area (Å²) in [7, 11) is 0. The van der Waals surface area contributed by atoms with E-state index in [0.29, 0.717) is 11.0 Å². The predicted octanol–water partition coefficient (Wildman–Crippen LogP) is 5.83. The average Bonchev–Trinajstić information content (AvgIpc) is 3.36. The van der Waals surface area contributed by atoms with Gasteiger partial charge in [-0.3, -0.25) is 9.59 Å². The largest absolute Gasteiger partial charge is 0.573 e. The van der Waals surface area contributed by atoms with Crippen LogP contribution in [0.25, 0.3) is 11.0 Å². The van der Waals surface area contributed by atoms with E-state index in [4.69, 9.17) is 4.42 Å². The van der Waals surface area contributed by atoms with Crippen LogP contribution in [0.3, 0.4) is 0 Å². The number of carbonyl (C=O) groups is 2. The highest BCUT2D eigenvalue weighted by molar-refractivity contribution is 7.10. The Morgan fingerprint density at radius 3 is 2.41 bits per heavy atom. The molecule has 0 aliphatic heterocycles. The van der Waals surface area contributed by atoms with E-state index in [-0.39, 0.29) is 29.5 Å². The fourth-order valence-electron chi connectivity index (χ4n) is 3.01. The molecule has 2 aromatic heterocycles. The van der Waals surface area contributed by atoms with Crippen LogP contribution in [0.5, 0.6) is 5.75 Å². The zero-order valence-electron chi connectivity index (χ0n) is 16.2. The molecule has 0 bridgehead atoms. The molecule has 164 valence electrons. The van der Waals surface area contributed by atoms with Gasteiger partial charge in [-0.1, -0.05) is 18.2 Å². The number of hydrogen-bond donors (Lipinski definition) is 2. The molecule has 0 saturated carbocycles. The third-order valence-electron chi connectivity index (χ3n) is 4.33. The lowest BCUT2D eigenvalue weighted by molar-refractivity contribution is -0.274. The predicted molar refractivity (Wildman–Crippen MR) is 114 cm³/mol. The lowest BCUT2D eigenvalue weighted by atomic mass is 10.2. The van der Waals surface area contributed by atoms with Crippen LogP contribution in [-0.2, 0) is 11.2 Å². The van der Waals surface area contributed by atoms with Gasteiger partial charge in [0.1, 0.15) is 17.0 Å². The number of fused-ring (bicyclic) bond motifs is 1. The van der Waals surface area contributed by atoms with Crippen molar-refractivity contribution in [3.63, 3.8) is 0 Å². The fourth-order valence-corrected chi connectivity index (χ4v) is 3.72. The van der Waals surface area contributed by atoms with Gasteiger partial charge >= 0.3 is 6.36 Å². The van der Waals surface area contributed by atoms with E-state index in [2.05, 4.69) is 15.4 Å². The number of hydrogen-bond acceptors (Lipinski definition) is 5. The molecule has 2 aromatic carbocycles. The smallest absolute Gasteiger partial charge is 0.449 e. The quantitative estimate of drug-likeness (QED) is 0.380. The fraction of sp³-hybridized carbons (Fsp3) is 0.0909. The van der Waals surface area contributed by atoms with Gasteiger partial charge < -0.3 is 19.8 Å². The number of amides is 2. The second-order valence-corrected chi connectivity index (χ2v) is 7.67. The zero-order chi connectivity index (χ0) is 22.7. The Balaban J connectivity index is 1.55. The van der Waals surface area contributed by atoms with E-state index in [1.807, 2.05) is 17.5 Å². The minimum Gasteiger partial charge on any atom is -0.449 e. The molecule has 32 heavy (non-hydrogen) atoms. The maximum Gasteiger partial charge on any atom is 0.573 e. The highest BCUT2D eigenvalue weighted by Crippen LogP contribution is 2.32. The van der Waals surface area contributed by atoms with Crippen molar-refractivity contribution in [3.8, 4) is 5.75 Å². The molecule has 4 rings (SSSR count). The highest BCUT2D eigenvalue weighted by atomic mass is 32.1. The summed E-state index contributed by atoms with van der Waals surface area (Å²) in [6, 6.07) is 15.2. The number of thiophene rings is 1. The first-order chi connectivity index (χ1) is 15.3. The van der Waals surface area contributed by atoms with Crippen molar-refractivity contribution in [1.82, 2.24) is 0 Å². The third kappa shape index (κ3) is 5.09. The van der Waals surface area contributed by atoms with Crippen molar-refractivity contribution in [2.45, 2.75) is 12.8 Å². The molecular formula is C22H15F3N2O4S. The summed E-state index contributed by atoms with van der Waals surface area (Å²) in [5.74, 6) is -1.53. The topological polar surface area (TPSA) is 80.6 Å². The molecule has 4 aromatic rings. The molecule has 0 saturated heterocycles. The first kappa shape index (κ1) is 21.4. The Bertz CT molecular complexity index is 1250. The average molecular weight is 460 g/mol. The van der Waals surface area contributed by atoms with Gasteiger partial charge in [-0.15, -0.1) is 24.5 Å². The first-order valence-electron chi connectivity index (χ1n) is 9.29. The number of anilines is 2. The second kappa shape index (κ2) is 8.75. The summed E-state index contributed by atoms with van der Waals surface area (Å²) in [6.07, 6.45) is -4.67. The standard InChI is InChI=1S/C22H15F3N2O4S/c23-22(24,25)31-14-9-7-13(8-10-14)26-21(29)20-19(16-5-1-2-6-17(16)30-20)27-18(28)12-15-4-3-11-32-15/h1-11H,12H2,(H,26,29)(H,27,28). The minimum absolute atomic E-state index is 0.124. The Morgan fingerprint density at radius 1 is 0.969 bits per heavy atom. The molecule has 0 unspecified atom stereocenters. The van der Waals surface area contributed by atoms with E-state index in [1.165, 1.54) is 23.5 Å². The normalized spacial score (nSPS) is 11.3. The van der Waals surface area contributed by atoms with Gasteiger partial charge in [-0.25, -0.2) is 0 Å². The van der Waals surface area contributed by atoms with Gasteiger partial charge in [-0.05, 0) is 47.8 Å². The van der Waals surface area contributed by atoms with Crippen LogP contribution < -0.4 is 15.4 Å². The van der Waals surface area contributed by atoms with Crippen molar-refractivity contribution >= 4 is 45.5 Å². The first-order valence-corrected chi connectivity index (χ1v) is 10.2. The summed E-state index contributed by atoms with van der Waals surface area (Å²) < 4.78 is 46.4. The van der Waals surface area contributed by atoms with Gasteiger partial charge in [0.25, 0.3) is 5.91 Å². The maximum atomic E-state index is 12.9. The number of ether oxygens (including phenoxy) is 1. The van der Waals surface area contributed by atoms with Crippen LogP contribution in [0.2, 0.25) is 0 Å².